The minimum absolute atomic E-state index is 0.0938. The average Bonchev–Trinajstić information content (AvgIpc) is 3.62. The van der Waals surface area contributed by atoms with Crippen LogP contribution < -0.4 is 10.1 Å². The number of rotatable bonds is 14. The predicted octanol–water partition coefficient (Wildman–Crippen LogP) is 3.06. The molecule has 0 saturated heterocycles. The number of nitrogens with zero attached hydrogens (tertiary/aromatic N) is 4. The van der Waals surface area contributed by atoms with Gasteiger partial charge in [0.2, 0.25) is 17.6 Å². The predicted molar refractivity (Wildman–Crippen MR) is 141 cm³/mol. The number of likely N-dealkylation sites (N-methyl/N-ethyl adjacent to an activating group) is 1. The van der Waals surface area contributed by atoms with Crippen molar-refractivity contribution in [2.24, 2.45) is 0 Å². The molecular weight excluding hydrogens is 488 g/mol. The number of hydrogen-bond donors (Lipinski definition) is 2. The molecule has 1 atom stereocenters. The van der Waals surface area contributed by atoms with Gasteiger partial charge in [0.15, 0.2) is 0 Å². The number of Topliss-reactive ketones (excluding diaryl/α,β-unsaturated/α-hetero) is 1. The highest BCUT2D eigenvalue weighted by atomic mass is 16.5. The first kappa shape index (κ1) is 27.0. The molecule has 1 aromatic carbocycles. The van der Waals surface area contributed by atoms with Crippen LogP contribution in [0.3, 0.4) is 0 Å². The molecule has 0 bridgehead atoms. The van der Waals surface area contributed by atoms with Crippen molar-refractivity contribution in [1.82, 2.24) is 30.2 Å². The number of ether oxygens (including phenoxy) is 2. The topological polar surface area (TPSA) is 135 Å². The number of methoxy groups -OCH3 is 1. The van der Waals surface area contributed by atoms with Crippen molar-refractivity contribution in [2.75, 3.05) is 47.5 Å². The lowest BCUT2D eigenvalue weighted by atomic mass is 10.1. The molecule has 3 heterocycles. The summed E-state index contributed by atoms with van der Waals surface area (Å²) in [5.41, 5.74) is 2.37. The van der Waals surface area contributed by atoms with Gasteiger partial charge in [0.05, 0.1) is 55.3 Å². The van der Waals surface area contributed by atoms with Crippen molar-refractivity contribution in [3.63, 3.8) is 0 Å². The van der Waals surface area contributed by atoms with E-state index in [1.807, 2.05) is 44.4 Å². The van der Waals surface area contributed by atoms with E-state index in [0.717, 1.165) is 22.2 Å². The number of carbonyl (C=O) groups is 2. The van der Waals surface area contributed by atoms with Crippen molar-refractivity contribution in [3.8, 4) is 17.1 Å². The Hall–Kier alpha value is -4.09. The lowest BCUT2D eigenvalue weighted by Gasteiger charge is -2.17. The van der Waals surface area contributed by atoms with Gasteiger partial charge in [0.25, 0.3) is 5.89 Å². The molecule has 3 aromatic heterocycles. The zero-order chi connectivity index (χ0) is 26.9. The number of amides is 1. The number of carbonyl (C=O) groups excluding carboxylic acids is 2. The van der Waals surface area contributed by atoms with Crippen LogP contribution >= 0.6 is 0 Å². The molecular formula is C27H32N6O5. The summed E-state index contributed by atoms with van der Waals surface area (Å²) in [4.78, 5) is 42.6. The van der Waals surface area contributed by atoms with Crippen LogP contribution in [0.15, 0.2) is 53.4 Å². The standard InChI is InChI=1S/C27H32N6O5/c1-33(2)16-24(35)29-14-19(17-37-11-6-9-23(34)27-28-10-12-38-27)25-30-15-22(31-25)20-13-18-7-4-5-8-21(18)32-26(20)36-3/h4-5,7-8,10,12-13,15,19H,6,9,11,14,16-17H2,1-3H3,(H,29,35)(H,30,31). The second-order valence-corrected chi connectivity index (χ2v) is 9.10. The van der Waals surface area contributed by atoms with Gasteiger partial charge in [-0.05, 0) is 32.6 Å². The van der Waals surface area contributed by atoms with Crippen LogP contribution in [0.1, 0.15) is 35.3 Å². The first-order valence-corrected chi connectivity index (χ1v) is 12.4. The third kappa shape index (κ3) is 7.02. The number of nitrogens with one attached hydrogen (secondary N) is 2. The molecule has 1 unspecified atom stereocenters. The van der Waals surface area contributed by atoms with Crippen molar-refractivity contribution < 1.29 is 23.5 Å². The summed E-state index contributed by atoms with van der Waals surface area (Å²) >= 11 is 0. The lowest BCUT2D eigenvalue weighted by Crippen LogP contribution is -2.36. The van der Waals surface area contributed by atoms with Gasteiger partial charge in [-0.15, -0.1) is 0 Å². The Balaban J connectivity index is 1.44. The van der Waals surface area contributed by atoms with Crippen molar-refractivity contribution in [3.05, 3.63) is 60.7 Å². The number of fused-ring (bicyclic) bond motifs is 1. The highest BCUT2D eigenvalue weighted by Gasteiger charge is 2.20. The van der Waals surface area contributed by atoms with E-state index in [4.69, 9.17) is 13.9 Å². The summed E-state index contributed by atoms with van der Waals surface area (Å²) < 4.78 is 16.5. The van der Waals surface area contributed by atoms with Crippen LogP contribution in [0.25, 0.3) is 22.2 Å². The third-order valence-electron chi connectivity index (χ3n) is 5.84. The molecule has 1 amide bonds. The maximum Gasteiger partial charge on any atom is 0.263 e. The van der Waals surface area contributed by atoms with Gasteiger partial charge >= 0.3 is 0 Å². The van der Waals surface area contributed by atoms with E-state index in [0.29, 0.717) is 37.9 Å². The number of aromatic amines is 1. The van der Waals surface area contributed by atoms with Crippen LogP contribution in [0.2, 0.25) is 0 Å². The molecule has 0 fully saturated rings. The van der Waals surface area contributed by atoms with Gasteiger partial charge in [-0.3, -0.25) is 9.59 Å². The summed E-state index contributed by atoms with van der Waals surface area (Å²) in [6.45, 7) is 1.28. The molecule has 0 aliphatic rings. The minimum Gasteiger partial charge on any atom is -0.480 e. The van der Waals surface area contributed by atoms with Crippen LogP contribution in [-0.2, 0) is 9.53 Å². The maximum absolute atomic E-state index is 12.3. The number of hydrogen-bond acceptors (Lipinski definition) is 9. The Morgan fingerprint density at radius 2 is 2.05 bits per heavy atom. The summed E-state index contributed by atoms with van der Waals surface area (Å²) in [6.07, 6.45) is 5.34. The van der Waals surface area contributed by atoms with Gasteiger partial charge in [-0.25, -0.2) is 15.0 Å². The van der Waals surface area contributed by atoms with E-state index in [2.05, 4.69) is 25.3 Å². The zero-order valence-corrected chi connectivity index (χ0v) is 21.8. The largest absolute Gasteiger partial charge is 0.480 e. The van der Waals surface area contributed by atoms with E-state index >= 15 is 0 Å². The molecule has 0 aliphatic carbocycles. The number of pyridine rings is 1. The fourth-order valence-corrected chi connectivity index (χ4v) is 3.97. The molecule has 2 N–H and O–H groups in total. The molecule has 0 saturated carbocycles. The molecule has 0 spiro atoms. The number of aromatic nitrogens is 4. The van der Waals surface area contributed by atoms with Crippen molar-refractivity contribution in [1.29, 1.82) is 0 Å². The molecule has 11 heteroatoms. The van der Waals surface area contributed by atoms with Crippen LogP contribution in [0, 0.1) is 0 Å². The van der Waals surface area contributed by atoms with Crippen molar-refractivity contribution in [2.45, 2.75) is 18.8 Å². The molecule has 38 heavy (non-hydrogen) atoms. The SMILES string of the molecule is COc1nc2ccccc2cc1-c1cnc(C(CNC(=O)CN(C)C)COCCCC(=O)c2ncco2)[nH]1. The molecule has 200 valence electrons. The monoisotopic (exact) mass is 520 g/mol. The average molecular weight is 521 g/mol. The second kappa shape index (κ2) is 12.9. The number of ketones is 1. The van der Waals surface area contributed by atoms with E-state index in [9.17, 15) is 9.59 Å². The second-order valence-electron chi connectivity index (χ2n) is 9.10. The first-order chi connectivity index (χ1) is 18.4. The molecule has 0 radical (unpaired) electrons. The summed E-state index contributed by atoms with van der Waals surface area (Å²) in [6, 6.07) is 9.82. The Kier molecular flexibility index (Phi) is 9.17. The van der Waals surface area contributed by atoms with E-state index in [1.54, 1.807) is 18.2 Å². The number of benzene rings is 1. The lowest BCUT2D eigenvalue weighted by molar-refractivity contribution is -0.121. The quantitative estimate of drug-likeness (QED) is 0.190. The highest BCUT2D eigenvalue weighted by Crippen LogP contribution is 2.31. The molecule has 4 rings (SSSR count). The number of oxazole rings is 1. The summed E-state index contributed by atoms with van der Waals surface area (Å²) in [5.74, 6) is 0.756. The van der Waals surface area contributed by atoms with Crippen LogP contribution in [-0.4, -0.2) is 84.0 Å². The Morgan fingerprint density at radius 3 is 2.82 bits per heavy atom. The highest BCUT2D eigenvalue weighted by molar-refractivity contribution is 5.91. The molecule has 0 aliphatic heterocycles. The van der Waals surface area contributed by atoms with Crippen molar-refractivity contribution >= 4 is 22.6 Å². The Bertz CT molecular complexity index is 1350. The van der Waals surface area contributed by atoms with E-state index in [-0.39, 0.29) is 36.5 Å². The Morgan fingerprint density at radius 1 is 1.21 bits per heavy atom. The first-order valence-electron chi connectivity index (χ1n) is 12.4. The summed E-state index contributed by atoms with van der Waals surface area (Å²) in [5, 5.41) is 3.93. The zero-order valence-electron chi connectivity index (χ0n) is 21.8. The summed E-state index contributed by atoms with van der Waals surface area (Å²) in [7, 11) is 5.26. The van der Waals surface area contributed by atoms with E-state index < -0.39 is 0 Å². The number of imidazole rings is 1. The van der Waals surface area contributed by atoms with Gasteiger partial charge in [0.1, 0.15) is 12.1 Å². The van der Waals surface area contributed by atoms with Gasteiger partial charge < -0.3 is 29.1 Å². The fraction of sp³-hybridized carbons (Fsp3) is 0.370. The van der Waals surface area contributed by atoms with Gasteiger partial charge in [-0.1, -0.05) is 18.2 Å². The molecule has 4 aromatic rings. The minimum atomic E-state index is -0.239. The van der Waals surface area contributed by atoms with Gasteiger partial charge in [0, 0.05) is 25.0 Å². The number of H-pyrrole nitrogens is 1. The normalized spacial score (nSPS) is 12.1. The third-order valence-corrected chi connectivity index (χ3v) is 5.84. The van der Waals surface area contributed by atoms with Crippen LogP contribution in [0.4, 0.5) is 0 Å². The van der Waals surface area contributed by atoms with Crippen LogP contribution in [0.5, 0.6) is 5.88 Å². The van der Waals surface area contributed by atoms with E-state index in [1.165, 1.54) is 12.5 Å². The smallest absolute Gasteiger partial charge is 0.263 e. The fourth-order valence-electron chi connectivity index (χ4n) is 3.97. The molecule has 11 nitrogen and oxygen atoms in total. The maximum atomic E-state index is 12.3. The van der Waals surface area contributed by atoms with Gasteiger partial charge in [-0.2, -0.15) is 0 Å². The number of para-hydroxylation sites is 1. The Labute approximate surface area is 220 Å².